The molecule has 9 nitrogen and oxygen atoms in total. The van der Waals surface area contributed by atoms with Crippen molar-refractivity contribution >= 4 is 5.91 Å². The molecule has 0 aromatic rings. The second kappa shape index (κ2) is 47.8. The largest absolute Gasteiger partial charge is 0.394 e. The zero-order valence-corrected chi connectivity index (χ0v) is 43.4. The number of nitrogens with one attached hydrogen (secondary N) is 1. The molecule has 0 radical (unpaired) electrons. The molecule has 1 heterocycles. The van der Waals surface area contributed by atoms with Gasteiger partial charge in [0.05, 0.1) is 25.4 Å². The Morgan fingerprint density at radius 1 is 0.507 bits per heavy atom. The maximum absolute atomic E-state index is 13.0. The molecule has 0 bridgehead atoms. The molecule has 1 aliphatic rings. The molecule has 9 heteroatoms. The smallest absolute Gasteiger partial charge is 0.220 e. The van der Waals surface area contributed by atoms with Gasteiger partial charge in [-0.1, -0.05) is 242 Å². The van der Waals surface area contributed by atoms with E-state index in [1.165, 1.54) is 173 Å². The molecule has 1 fully saturated rings. The first-order chi connectivity index (χ1) is 32.8. The number of unbranched alkanes of at least 4 members (excludes halogenated alkanes) is 32. The fourth-order valence-electron chi connectivity index (χ4n) is 8.87. The Bertz CT molecular complexity index is 1190. The lowest BCUT2D eigenvalue weighted by molar-refractivity contribution is -0.302. The topological polar surface area (TPSA) is 149 Å². The molecule has 0 spiro atoms. The van der Waals surface area contributed by atoms with E-state index in [4.69, 9.17) is 9.47 Å². The van der Waals surface area contributed by atoms with E-state index >= 15 is 0 Å². The van der Waals surface area contributed by atoms with Crippen molar-refractivity contribution in [1.29, 1.82) is 0 Å². The van der Waals surface area contributed by atoms with Crippen molar-refractivity contribution in [3.05, 3.63) is 48.6 Å². The van der Waals surface area contributed by atoms with E-state index in [0.717, 1.165) is 64.2 Å². The van der Waals surface area contributed by atoms with E-state index in [1.807, 2.05) is 6.08 Å². The van der Waals surface area contributed by atoms with Gasteiger partial charge in [0.1, 0.15) is 24.4 Å². The van der Waals surface area contributed by atoms with Crippen LogP contribution in [0.2, 0.25) is 0 Å². The molecule has 1 rings (SSSR count). The Hall–Kier alpha value is -1.85. The van der Waals surface area contributed by atoms with Gasteiger partial charge in [-0.2, -0.15) is 0 Å². The Morgan fingerprint density at radius 3 is 1.30 bits per heavy atom. The molecule has 7 atom stereocenters. The quantitative estimate of drug-likeness (QED) is 0.0261. The molecule has 67 heavy (non-hydrogen) atoms. The van der Waals surface area contributed by atoms with E-state index < -0.39 is 49.5 Å². The Kier molecular flexibility index (Phi) is 45.1. The van der Waals surface area contributed by atoms with Crippen LogP contribution < -0.4 is 5.32 Å². The van der Waals surface area contributed by atoms with Crippen molar-refractivity contribution in [3.8, 4) is 0 Å². The highest BCUT2D eigenvalue weighted by Gasteiger charge is 2.44. The van der Waals surface area contributed by atoms with Gasteiger partial charge in [0.15, 0.2) is 6.29 Å². The van der Waals surface area contributed by atoms with Crippen LogP contribution >= 0.6 is 0 Å². The minimum absolute atomic E-state index is 0.183. The molecule has 0 saturated carbocycles. The molecule has 0 aromatic carbocycles. The summed E-state index contributed by atoms with van der Waals surface area (Å²) in [5.74, 6) is -0.183. The zero-order valence-electron chi connectivity index (χ0n) is 43.4. The van der Waals surface area contributed by atoms with Crippen LogP contribution in [0.25, 0.3) is 0 Å². The maximum Gasteiger partial charge on any atom is 0.220 e. The van der Waals surface area contributed by atoms with Crippen LogP contribution in [0.1, 0.15) is 258 Å². The molecule has 6 N–H and O–H groups in total. The third-order valence-corrected chi connectivity index (χ3v) is 13.4. The predicted octanol–water partition coefficient (Wildman–Crippen LogP) is 13.7. The molecule has 1 saturated heterocycles. The third-order valence-electron chi connectivity index (χ3n) is 13.4. The summed E-state index contributed by atoms with van der Waals surface area (Å²) in [5.41, 5.74) is 0. The molecule has 1 aliphatic heterocycles. The first-order valence-corrected chi connectivity index (χ1v) is 28.4. The van der Waals surface area contributed by atoms with Gasteiger partial charge in [-0.15, -0.1) is 0 Å². The molecule has 7 unspecified atom stereocenters. The van der Waals surface area contributed by atoms with Crippen molar-refractivity contribution in [3.63, 3.8) is 0 Å². The normalized spacial score (nSPS) is 20.0. The number of hydrogen-bond donors (Lipinski definition) is 6. The average molecular weight is 946 g/mol. The van der Waals surface area contributed by atoms with Crippen LogP contribution in [0, 0.1) is 0 Å². The monoisotopic (exact) mass is 946 g/mol. The summed E-state index contributed by atoms with van der Waals surface area (Å²) in [5, 5.41) is 54.5. The number of amides is 1. The molecule has 1 amide bonds. The lowest BCUT2D eigenvalue weighted by Crippen LogP contribution is -2.60. The number of ether oxygens (including phenoxy) is 2. The van der Waals surface area contributed by atoms with E-state index in [0.29, 0.717) is 6.42 Å². The van der Waals surface area contributed by atoms with Gasteiger partial charge in [-0.05, 0) is 57.8 Å². The minimum atomic E-state index is -1.57. The van der Waals surface area contributed by atoms with Crippen molar-refractivity contribution in [1.82, 2.24) is 5.32 Å². The fraction of sp³-hybridized carbons (Fsp3) is 0.845. The van der Waals surface area contributed by atoms with Gasteiger partial charge in [0.25, 0.3) is 0 Å². The summed E-state index contributed by atoms with van der Waals surface area (Å²) in [4.78, 5) is 13.0. The number of hydrogen-bond acceptors (Lipinski definition) is 8. The summed E-state index contributed by atoms with van der Waals surface area (Å²) in [6, 6.07) is -0.811. The molecule has 0 aliphatic carbocycles. The van der Waals surface area contributed by atoms with Gasteiger partial charge >= 0.3 is 0 Å². The minimum Gasteiger partial charge on any atom is -0.394 e. The summed E-state index contributed by atoms with van der Waals surface area (Å²) < 4.78 is 11.3. The molecular formula is C58H107NO8. The van der Waals surface area contributed by atoms with Crippen molar-refractivity contribution in [2.75, 3.05) is 13.2 Å². The lowest BCUT2D eigenvalue weighted by atomic mass is 9.99. The van der Waals surface area contributed by atoms with Gasteiger partial charge in [0.2, 0.25) is 5.91 Å². The van der Waals surface area contributed by atoms with Crippen LogP contribution in [0.15, 0.2) is 48.6 Å². The molecule has 0 aromatic heterocycles. The van der Waals surface area contributed by atoms with Crippen LogP contribution in [-0.4, -0.2) is 87.5 Å². The van der Waals surface area contributed by atoms with E-state index in [2.05, 4.69) is 55.6 Å². The Morgan fingerprint density at radius 2 is 0.881 bits per heavy atom. The summed E-state index contributed by atoms with van der Waals surface area (Å²) in [6.07, 6.45) is 55.9. The summed E-state index contributed by atoms with van der Waals surface area (Å²) in [7, 11) is 0. The summed E-state index contributed by atoms with van der Waals surface area (Å²) in [6.45, 7) is 3.78. The molecule has 392 valence electrons. The maximum atomic E-state index is 13.0. The number of aliphatic hydroxyl groups is 5. The first kappa shape index (κ1) is 63.2. The second-order valence-electron chi connectivity index (χ2n) is 19.7. The SMILES string of the molecule is CCCCCCC/C=C\C/C=C\C/C=C\CCCCCCCCCCC(=O)NC(COC1OC(CO)C(O)C(O)C1O)C(O)/C=C/CCCCCCCCCCCCCCCCCCCCC. The Balaban J connectivity index is 2.26. The van der Waals surface area contributed by atoms with Crippen LogP contribution in [-0.2, 0) is 14.3 Å². The lowest BCUT2D eigenvalue weighted by Gasteiger charge is -2.40. The van der Waals surface area contributed by atoms with Crippen molar-refractivity contribution < 1.29 is 39.8 Å². The van der Waals surface area contributed by atoms with Gasteiger partial charge in [-0.25, -0.2) is 0 Å². The standard InChI is InChI=1S/C58H107NO8/c1-3-5-7-9-11-13-15-17-19-21-23-25-26-28-30-32-34-36-38-40-42-44-46-48-54(62)59-51(50-66-58-57(65)56(64)55(63)53(49-60)67-58)52(61)47-45-43-41-39-37-35-33-31-29-27-24-22-20-18-16-14-12-10-8-6-4-2/h15,17,21,23,26,28,45,47,51-53,55-58,60-61,63-65H,3-14,16,18-20,22,24-25,27,29-44,46,48-50H2,1-2H3,(H,59,62)/b17-15-,23-21-,28-26-,47-45+. The second-order valence-corrected chi connectivity index (χ2v) is 19.7. The first-order valence-electron chi connectivity index (χ1n) is 28.4. The predicted molar refractivity (Wildman–Crippen MR) is 281 cm³/mol. The average Bonchev–Trinajstić information content (AvgIpc) is 3.33. The highest BCUT2D eigenvalue weighted by atomic mass is 16.7. The van der Waals surface area contributed by atoms with Crippen LogP contribution in [0.4, 0.5) is 0 Å². The van der Waals surface area contributed by atoms with Crippen molar-refractivity contribution in [2.45, 2.75) is 301 Å². The zero-order chi connectivity index (χ0) is 48.7. The van der Waals surface area contributed by atoms with Crippen LogP contribution in [0.5, 0.6) is 0 Å². The summed E-state index contributed by atoms with van der Waals surface area (Å²) >= 11 is 0. The number of allylic oxidation sites excluding steroid dienone is 7. The number of rotatable bonds is 48. The van der Waals surface area contributed by atoms with E-state index in [1.54, 1.807) is 6.08 Å². The van der Waals surface area contributed by atoms with E-state index in [9.17, 15) is 30.3 Å². The third kappa shape index (κ3) is 37.6. The highest BCUT2D eigenvalue weighted by molar-refractivity contribution is 5.76. The van der Waals surface area contributed by atoms with Crippen LogP contribution in [0.3, 0.4) is 0 Å². The number of carbonyl (C=O) groups is 1. The number of aliphatic hydroxyl groups excluding tert-OH is 5. The van der Waals surface area contributed by atoms with E-state index in [-0.39, 0.29) is 12.5 Å². The Labute approximate surface area is 412 Å². The fourth-order valence-corrected chi connectivity index (χ4v) is 8.87. The van der Waals surface area contributed by atoms with Crippen molar-refractivity contribution in [2.24, 2.45) is 0 Å². The van der Waals surface area contributed by atoms with Gasteiger partial charge in [-0.3, -0.25) is 4.79 Å². The van der Waals surface area contributed by atoms with Gasteiger partial charge in [0, 0.05) is 6.42 Å². The molecular weight excluding hydrogens is 839 g/mol. The highest BCUT2D eigenvalue weighted by Crippen LogP contribution is 2.23. The number of carbonyl (C=O) groups excluding carboxylic acids is 1. The van der Waals surface area contributed by atoms with Gasteiger partial charge < -0.3 is 40.3 Å².